The summed E-state index contributed by atoms with van der Waals surface area (Å²) in [4.78, 5) is 31.0. The van der Waals surface area contributed by atoms with Gasteiger partial charge in [-0.05, 0) is 43.2 Å². The van der Waals surface area contributed by atoms with Crippen molar-refractivity contribution in [3.63, 3.8) is 0 Å². The van der Waals surface area contributed by atoms with E-state index in [1.807, 2.05) is 26.0 Å². The molecule has 0 unspecified atom stereocenters. The molecule has 1 heterocycles. The average Bonchev–Trinajstić information content (AvgIpc) is 2.64. The average molecular weight is 365 g/mol. The predicted molar refractivity (Wildman–Crippen MR) is 104 cm³/mol. The van der Waals surface area contributed by atoms with Gasteiger partial charge in [0.25, 0.3) is 5.56 Å². The van der Waals surface area contributed by atoms with Crippen molar-refractivity contribution < 1.29 is 9.84 Å². The molecule has 0 aliphatic rings. The number of hydrogen-bond acceptors (Lipinski definition) is 5. The first-order chi connectivity index (χ1) is 12.9. The maximum Gasteiger partial charge on any atom is 0.335 e. The number of aromatic nitrogens is 2. The van der Waals surface area contributed by atoms with E-state index < -0.39 is 17.1 Å². The number of rotatable bonds is 4. The summed E-state index contributed by atoms with van der Waals surface area (Å²) < 4.78 is 6.28. The zero-order valence-corrected chi connectivity index (χ0v) is 15.2. The van der Waals surface area contributed by atoms with Crippen molar-refractivity contribution in [2.24, 2.45) is 4.99 Å². The number of aliphatic imine (C=N–C) groups is 1. The molecule has 2 aromatic carbocycles. The molecule has 7 heteroatoms. The first-order valence-electron chi connectivity index (χ1n) is 8.25. The molecule has 0 radical (unpaired) electrons. The Balaban J connectivity index is 2.18. The van der Waals surface area contributed by atoms with Crippen LogP contribution in [0.3, 0.4) is 0 Å². The molecule has 0 bridgehead atoms. The van der Waals surface area contributed by atoms with Crippen molar-refractivity contribution in [1.29, 1.82) is 0 Å². The van der Waals surface area contributed by atoms with Gasteiger partial charge in [0.1, 0.15) is 17.0 Å². The summed E-state index contributed by atoms with van der Waals surface area (Å²) in [6, 6.07) is 12.5. The number of para-hydroxylation sites is 2. The predicted octanol–water partition coefficient (Wildman–Crippen LogP) is 2.61. The van der Waals surface area contributed by atoms with Gasteiger partial charge in [0.05, 0.1) is 12.8 Å². The Morgan fingerprint density at radius 1 is 1.15 bits per heavy atom. The lowest BCUT2D eigenvalue weighted by Gasteiger charge is -2.13. The first kappa shape index (κ1) is 18.2. The zero-order chi connectivity index (χ0) is 19.6. The van der Waals surface area contributed by atoms with Crippen molar-refractivity contribution in [1.82, 2.24) is 9.55 Å². The van der Waals surface area contributed by atoms with Crippen LogP contribution < -0.4 is 16.0 Å². The molecule has 1 aromatic heterocycles. The molecule has 2 N–H and O–H groups in total. The van der Waals surface area contributed by atoms with Crippen LogP contribution in [-0.4, -0.2) is 28.0 Å². The van der Waals surface area contributed by atoms with E-state index >= 15 is 0 Å². The van der Waals surface area contributed by atoms with Gasteiger partial charge >= 0.3 is 5.69 Å². The molecular weight excluding hydrogens is 346 g/mol. The SMILES string of the molecule is COc1ccccc1N=Cc1c(O)n(-c2cc(C)ccc2C)c(=O)[nH]c1=O. The molecule has 0 saturated heterocycles. The molecule has 0 saturated carbocycles. The standard InChI is InChI=1S/C20H19N3O4/c1-12-8-9-13(2)16(10-12)23-19(25)14(18(24)22-20(23)26)11-21-15-6-4-5-7-17(15)27-3/h4-11,25H,1-3H3,(H,22,24,26). The summed E-state index contributed by atoms with van der Waals surface area (Å²) >= 11 is 0. The highest BCUT2D eigenvalue weighted by molar-refractivity contribution is 5.85. The third-order valence-electron chi connectivity index (χ3n) is 4.14. The molecule has 3 rings (SSSR count). The number of aryl methyl sites for hydroxylation is 2. The van der Waals surface area contributed by atoms with Gasteiger partial charge < -0.3 is 9.84 Å². The number of methoxy groups -OCH3 is 1. The molecule has 138 valence electrons. The number of aromatic amines is 1. The second kappa shape index (κ2) is 7.33. The van der Waals surface area contributed by atoms with Crippen LogP contribution in [-0.2, 0) is 0 Å². The normalized spacial score (nSPS) is 11.1. The Bertz CT molecular complexity index is 1140. The summed E-state index contributed by atoms with van der Waals surface area (Å²) in [6.45, 7) is 3.69. The molecule has 0 aliphatic carbocycles. The largest absolute Gasteiger partial charge is 0.494 e. The minimum Gasteiger partial charge on any atom is -0.494 e. The lowest BCUT2D eigenvalue weighted by molar-refractivity contribution is 0.416. The van der Waals surface area contributed by atoms with Crippen LogP contribution in [0.5, 0.6) is 11.6 Å². The van der Waals surface area contributed by atoms with Crippen molar-refractivity contribution in [3.8, 4) is 17.3 Å². The summed E-state index contributed by atoms with van der Waals surface area (Å²) in [5.41, 5.74) is 1.10. The Morgan fingerprint density at radius 2 is 1.89 bits per heavy atom. The fourth-order valence-corrected chi connectivity index (χ4v) is 2.71. The third kappa shape index (κ3) is 3.52. The van der Waals surface area contributed by atoms with E-state index in [-0.39, 0.29) is 5.56 Å². The maximum atomic E-state index is 12.3. The van der Waals surface area contributed by atoms with Gasteiger partial charge in [0, 0.05) is 6.21 Å². The summed E-state index contributed by atoms with van der Waals surface area (Å²) in [7, 11) is 1.51. The molecule has 3 aromatic rings. The van der Waals surface area contributed by atoms with Crippen molar-refractivity contribution in [2.75, 3.05) is 7.11 Å². The van der Waals surface area contributed by atoms with Crippen molar-refractivity contribution >= 4 is 11.9 Å². The van der Waals surface area contributed by atoms with Gasteiger partial charge in [-0.15, -0.1) is 0 Å². The lowest BCUT2D eigenvalue weighted by atomic mass is 10.1. The monoisotopic (exact) mass is 365 g/mol. The van der Waals surface area contributed by atoms with Crippen LogP contribution in [0.25, 0.3) is 5.69 Å². The fourth-order valence-electron chi connectivity index (χ4n) is 2.71. The third-order valence-corrected chi connectivity index (χ3v) is 4.14. The van der Waals surface area contributed by atoms with Gasteiger partial charge in [-0.3, -0.25) is 14.8 Å². The molecule has 0 spiro atoms. The fraction of sp³-hybridized carbons (Fsp3) is 0.150. The second-order valence-corrected chi connectivity index (χ2v) is 6.05. The van der Waals surface area contributed by atoms with E-state index in [1.165, 1.54) is 13.3 Å². The molecule has 0 aliphatic heterocycles. The van der Waals surface area contributed by atoms with E-state index in [4.69, 9.17) is 4.74 Å². The van der Waals surface area contributed by atoms with Crippen LogP contribution in [0, 0.1) is 13.8 Å². The lowest BCUT2D eigenvalue weighted by Crippen LogP contribution is -2.31. The topological polar surface area (TPSA) is 96.7 Å². The summed E-state index contributed by atoms with van der Waals surface area (Å²) in [6.07, 6.45) is 1.22. The maximum absolute atomic E-state index is 12.3. The minimum absolute atomic E-state index is 0.124. The second-order valence-electron chi connectivity index (χ2n) is 6.05. The highest BCUT2D eigenvalue weighted by Gasteiger charge is 2.16. The molecule has 7 nitrogen and oxygen atoms in total. The van der Waals surface area contributed by atoms with Crippen molar-refractivity contribution in [2.45, 2.75) is 13.8 Å². The summed E-state index contributed by atoms with van der Waals surface area (Å²) in [5.74, 6) is 0.0450. The number of aromatic hydroxyl groups is 1. The van der Waals surface area contributed by atoms with Gasteiger partial charge in [0.15, 0.2) is 0 Å². The van der Waals surface area contributed by atoms with E-state index in [0.717, 1.165) is 15.7 Å². The van der Waals surface area contributed by atoms with Gasteiger partial charge in [-0.1, -0.05) is 24.3 Å². The van der Waals surface area contributed by atoms with Gasteiger partial charge in [0.2, 0.25) is 5.88 Å². The Kier molecular flexibility index (Phi) is 4.94. The quantitative estimate of drug-likeness (QED) is 0.695. The molecule has 0 atom stereocenters. The van der Waals surface area contributed by atoms with Crippen LogP contribution in [0.1, 0.15) is 16.7 Å². The van der Waals surface area contributed by atoms with E-state index in [0.29, 0.717) is 17.1 Å². The van der Waals surface area contributed by atoms with Crippen LogP contribution in [0.15, 0.2) is 57.0 Å². The molecule has 0 amide bonds. The highest BCUT2D eigenvalue weighted by atomic mass is 16.5. The Hall–Kier alpha value is -3.61. The first-order valence-corrected chi connectivity index (χ1v) is 8.25. The van der Waals surface area contributed by atoms with Crippen LogP contribution in [0.4, 0.5) is 5.69 Å². The van der Waals surface area contributed by atoms with Crippen LogP contribution >= 0.6 is 0 Å². The Morgan fingerprint density at radius 3 is 2.63 bits per heavy atom. The highest BCUT2D eigenvalue weighted by Crippen LogP contribution is 2.26. The van der Waals surface area contributed by atoms with Gasteiger partial charge in [-0.2, -0.15) is 0 Å². The number of nitrogens with one attached hydrogen (secondary N) is 1. The number of hydrogen-bond donors (Lipinski definition) is 2. The van der Waals surface area contributed by atoms with Crippen molar-refractivity contribution in [3.05, 3.63) is 80.0 Å². The van der Waals surface area contributed by atoms with Gasteiger partial charge in [-0.25, -0.2) is 9.36 Å². The number of ether oxygens (including phenoxy) is 1. The molecular formula is C20H19N3O4. The number of nitrogens with zero attached hydrogens (tertiary/aromatic N) is 2. The Labute approximate surface area is 155 Å². The minimum atomic E-state index is -0.724. The number of H-pyrrole nitrogens is 1. The van der Waals surface area contributed by atoms with E-state index in [1.54, 1.807) is 30.3 Å². The molecule has 27 heavy (non-hydrogen) atoms. The van der Waals surface area contributed by atoms with E-state index in [2.05, 4.69) is 9.98 Å². The van der Waals surface area contributed by atoms with Crippen LogP contribution in [0.2, 0.25) is 0 Å². The van der Waals surface area contributed by atoms with E-state index in [9.17, 15) is 14.7 Å². The molecule has 0 fully saturated rings. The summed E-state index contributed by atoms with van der Waals surface area (Å²) in [5, 5.41) is 10.6. The number of benzene rings is 2. The smallest absolute Gasteiger partial charge is 0.335 e. The zero-order valence-electron chi connectivity index (χ0n) is 15.2.